The van der Waals surface area contributed by atoms with Gasteiger partial charge in [-0.25, -0.2) is 4.99 Å². The molecule has 8 nitrogen and oxygen atoms in total. The van der Waals surface area contributed by atoms with Crippen LogP contribution in [-0.2, 0) is 13.1 Å². The van der Waals surface area contributed by atoms with Gasteiger partial charge in [-0.05, 0) is 32.9 Å². The van der Waals surface area contributed by atoms with E-state index in [9.17, 15) is 0 Å². The molecule has 0 amide bonds. The van der Waals surface area contributed by atoms with E-state index in [4.69, 9.17) is 9.47 Å². The summed E-state index contributed by atoms with van der Waals surface area (Å²) in [5.74, 6) is 2.88. The van der Waals surface area contributed by atoms with Gasteiger partial charge in [0.25, 0.3) is 0 Å². The molecule has 0 unspecified atom stereocenters. The number of aromatic nitrogens is 3. The molecule has 0 bridgehead atoms. The Kier molecular flexibility index (Phi) is 9.78. The quantitative estimate of drug-likeness (QED) is 0.348. The maximum absolute atomic E-state index is 5.61. The van der Waals surface area contributed by atoms with Crippen LogP contribution in [0.15, 0.2) is 29.5 Å². The lowest BCUT2D eigenvalue weighted by Crippen LogP contribution is -2.30. The van der Waals surface area contributed by atoms with Crippen LogP contribution in [0.3, 0.4) is 0 Å². The summed E-state index contributed by atoms with van der Waals surface area (Å²) in [7, 11) is 1.63. The lowest BCUT2D eigenvalue weighted by Gasteiger charge is -2.14. The number of benzene rings is 1. The van der Waals surface area contributed by atoms with Gasteiger partial charge in [-0.2, -0.15) is 0 Å². The molecular formula is C17H27IN6O2. The first kappa shape index (κ1) is 22.0. The fourth-order valence-corrected chi connectivity index (χ4v) is 2.28. The molecule has 1 aromatic carbocycles. The number of rotatable bonds is 8. The lowest BCUT2D eigenvalue weighted by atomic mass is 10.2. The Balaban J connectivity index is 0.00000338. The van der Waals surface area contributed by atoms with E-state index >= 15 is 0 Å². The van der Waals surface area contributed by atoms with Crippen molar-refractivity contribution >= 4 is 35.6 Å². The van der Waals surface area contributed by atoms with Gasteiger partial charge in [0.15, 0.2) is 23.3 Å². The fraction of sp³-hybridized carbons (Fsp3) is 0.471. The second kappa shape index (κ2) is 11.6. The molecule has 26 heavy (non-hydrogen) atoms. The van der Waals surface area contributed by atoms with Crippen LogP contribution in [0.1, 0.15) is 26.6 Å². The van der Waals surface area contributed by atoms with E-state index in [0.717, 1.165) is 24.6 Å². The molecule has 9 heteroatoms. The molecule has 0 atom stereocenters. The van der Waals surface area contributed by atoms with E-state index in [0.29, 0.717) is 30.6 Å². The van der Waals surface area contributed by atoms with Crippen LogP contribution in [-0.4, -0.2) is 41.0 Å². The number of ether oxygens (including phenoxy) is 2. The van der Waals surface area contributed by atoms with Crippen molar-refractivity contribution in [2.75, 3.05) is 25.6 Å². The first-order valence-corrected chi connectivity index (χ1v) is 8.44. The van der Waals surface area contributed by atoms with Crippen molar-refractivity contribution in [1.82, 2.24) is 20.1 Å². The molecule has 2 aromatic rings. The number of halogens is 1. The van der Waals surface area contributed by atoms with Gasteiger partial charge in [-0.1, -0.05) is 0 Å². The van der Waals surface area contributed by atoms with E-state index in [1.165, 1.54) is 0 Å². The summed E-state index contributed by atoms with van der Waals surface area (Å²) in [6.45, 7) is 8.59. The summed E-state index contributed by atoms with van der Waals surface area (Å²) in [5.41, 5.74) is 0.862. The zero-order valence-electron chi connectivity index (χ0n) is 15.7. The number of aryl methyl sites for hydroxylation is 1. The predicted molar refractivity (Wildman–Crippen MR) is 114 cm³/mol. The monoisotopic (exact) mass is 474 g/mol. The molecule has 0 saturated heterocycles. The molecule has 2 rings (SSSR count). The zero-order valence-corrected chi connectivity index (χ0v) is 18.0. The topological polar surface area (TPSA) is 85.6 Å². The van der Waals surface area contributed by atoms with Crippen LogP contribution >= 0.6 is 24.0 Å². The maximum atomic E-state index is 5.61. The third kappa shape index (κ3) is 6.04. The molecular weight excluding hydrogens is 447 g/mol. The fourth-order valence-electron chi connectivity index (χ4n) is 2.28. The summed E-state index contributed by atoms with van der Waals surface area (Å²) < 4.78 is 12.9. The Morgan fingerprint density at radius 1 is 1.23 bits per heavy atom. The highest BCUT2D eigenvalue weighted by atomic mass is 127. The summed E-state index contributed by atoms with van der Waals surface area (Å²) in [4.78, 5) is 4.58. The third-order valence-electron chi connectivity index (χ3n) is 3.49. The van der Waals surface area contributed by atoms with Crippen molar-refractivity contribution in [1.29, 1.82) is 0 Å². The number of nitrogens with zero attached hydrogens (tertiary/aromatic N) is 4. The minimum absolute atomic E-state index is 0. The maximum Gasteiger partial charge on any atom is 0.196 e. The molecule has 0 aliphatic carbocycles. The second-order valence-electron chi connectivity index (χ2n) is 5.15. The van der Waals surface area contributed by atoms with Gasteiger partial charge < -0.3 is 24.7 Å². The minimum atomic E-state index is 0. The van der Waals surface area contributed by atoms with Gasteiger partial charge in [-0.3, -0.25) is 0 Å². The highest BCUT2D eigenvalue weighted by Crippen LogP contribution is 2.30. The Morgan fingerprint density at radius 3 is 2.69 bits per heavy atom. The van der Waals surface area contributed by atoms with Crippen molar-refractivity contribution in [3.8, 4) is 11.5 Å². The van der Waals surface area contributed by atoms with Crippen LogP contribution in [0, 0.1) is 0 Å². The number of aliphatic imine (C=N–C) groups is 1. The van der Waals surface area contributed by atoms with E-state index in [1.807, 2.05) is 43.5 Å². The number of guanidine groups is 1. The molecule has 0 aliphatic heterocycles. The molecule has 0 saturated carbocycles. The zero-order chi connectivity index (χ0) is 18.1. The molecule has 1 aromatic heterocycles. The van der Waals surface area contributed by atoms with Crippen LogP contribution in [0.2, 0.25) is 0 Å². The number of methoxy groups -OCH3 is 1. The van der Waals surface area contributed by atoms with Gasteiger partial charge in [-0.15, -0.1) is 34.2 Å². The number of anilines is 1. The summed E-state index contributed by atoms with van der Waals surface area (Å²) in [6.07, 6.45) is 1.71. The van der Waals surface area contributed by atoms with Crippen molar-refractivity contribution in [3.63, 3.8) is 0 Å². The van der Waals surface area contributed by atoms with Crippen molar-refractivity contribution in [3.05, 3.63) is 30.4 Å². The van der Waals surface area contributed by atoms with Gasteiger partial charge in [0.05, 0.1) is 13.7 Å². The summed E-state index contributed by atoms with van der Waals surface area (Å²) in [6, 6.07) is 5.68. The standard InChI is InChI=1S/C17H26N6O2.HI/c1-5-18-17(19-11-16-22-20-12-23(16)6-2)21-13-8-9-14(24-4)15(10-13)25-7-3;/h8-10,12H,5-7,11H2,1-4H3,(H2,18,19,21);1H. The molecule has 144 valence electrons. The number of nitrogens with one attached hydrogen (secondary N) is 2. The van der Waals surface area contributed by atoms with Crippen molar-refractivity contribution < 1.29 is 9.47 Å². The molecule has 2 N–H and O–H groups in total. The molecule has 0 spiro atoms. The Bertz CT molecular complexity index is 704. The van der Waals surface area contributed by atoms with Crippen LogP contribution in [0.4, 0.5) is 5.69 Å². The average Bonchev–Trinajstić information content (AvgIpc) is 3.08. The molecule has 0 aliphatic rings. The lowest BCUT2D eigenvalue weighted by molar-refractivity contribution is 0.311. The van der Waals surface area contributed by atoms with Crippen molar-refractivity contribution in [2.45, 2.75) is 33.9 Å². The number of hydrogen-bond donors (Lipinski definition) is 2. The smallest absolute Gasteiger partial charge is 0.196 e. The summed E-state index contributed by atoms with van der Waals surface area (Å²) in [5, 5.41) is 14.5. The van der Waals surface area contributed by atoms with Crippen LogP contribution < -0.4 is 20.1 Å². The number of hydrogen-bond acceptors (Lipinski definition) is 5. The molecule has 0 radical (unpaired) electrons. The van der Waals surface area contributed by atoms with Crippen LogP contribution in [0.25, 0.3) is 0 Å². The van der Waals surface area contributed by atoms with Gasteiger partial charge in [0.1, 0.15) is 12.9 Å². The molecule has 1 heterocycles. The largest absolute Gasteiger partial charge is 0.493 e. The SMILES string of the molecule is CCNC(=NCc1nncn1CC)Nc1ccc(OC)c(OCC)c1.I. The van der Waals surface area contributed by atoms with E-state index in [-0.39, 0.29) is 24.0 Å². The summed E-state index contributed by atoms with van der Waals surface area (Å²) >= 11 is 0. The van der Waals surface area contributed by atoms with Crippen LogP contribution in [0.5, 0.6) is 11.5 Å². The van der Waals surface area contributed by atoms with Gasteiger partial charge in [0, 0.05) is 24.8 Å². The van der Waals surface area contributed by atoms with Crippen molar-refractivity contribution in [2.24, 2.45) is 4.99 Å². The first-order valence-electron chi connectivity index (χ1n) is 8.44. The minimum Gasteiger partial charge on any atom is -0.493 e. The Hall–Kier alpha value is -2.04. The first-order chi connectivity index (χ1) is 12.2. The highest BCUT2D eigenvalue weighted by Gasteiger charge is 2.08. The van der Waals surface area contributed by atoms with E-state index in [2.05, 4.69) is 25.8 Å². The van der Waals surface area contributed by atoms with E-state index in [1.54, 1.807) is 13.4 Å². The Morgan fingerprint density at radius 2 is 2.04 bits per heavy atom. The third-order valence-corrected chi connectivity index (χ3v) is 3.49. The van der Waals surface area contributed by atoms with E-state index < -0.39 is 0 Å². The molecule has 0 fully saturated rings. The highest BCUT2D eigenvalue weighted by molar-refractivity contribution is 14.0. The van der Waals surface area contributed by atoms with Gasteiger partial charge in [0.2, 0.25) is 0 Å². The second-order valence-corrected chi connectivity index (χ2v) is 5.15. The predicted octanol–water partition coefficient (Wildman–Crippen LogP) is 2.90. The average molecular weight is 474 g/mol. The normalized spacial score (nSPS) is 10.8. The Labute approximate surface area is 171 Å². The van der Waals surface area contributed by atoms with Gasteiger partial charge >= 0.3 is 0 Å².